The number of aliphatic hydroxyl groups excluding tert-OH is 1. The number of rotatable bonds is 41. The zero-order valence-corrected chi connectivity index (χ0v) is 36.4. The summed E-state index contributed by atoms with van der Waals surface area (Å²) in [5.74, 6) is -0.609. The van der Waals surface area contributed by atoms with Crippen LogP contribution in [0, 0.1) is 0 Å². The first-order valence-corrected chi connectivity index (χ1v) is 23.1. The molecule has 0 spiro atoms. The number of carbonyl (C=O) groups excluding carboxylic acids is 2. The Hall–Kier alpha value is -2.92. The van der Waals surface area contributed by atoms with Gasteiger partial charge in [-0.15, -0.1) is 0 Å². The Bertz CT molecular complexity index is 1060. The van der Waals surface area contributed by atoms with Crippen molar-refractivity contribution in [2.75, 3.05) is 13.2 Å². The largest absolute Gasteiger partial charge is 0.462 e. The summed E-state index contributed by atoms with van der Waals surface area (Å²) in [7, 11) is 0. The minimum atomic E-state index is -0.781. The van der Waals surface area contributed by atoms with Gasteiger partial charge < -0.3 is 14.6 Å². The van der Waals surface area contributed by atoms with E-state index in [0.29, 0.717) is 12.8 Å². The van der Waals surface area contributed by atoms with E-state index in [9.17, 15) is 14.7 Å². The normalized spacial score (nSPS) is 13.0. The van der Waals surface area contributed by atoms with Crippen molar-refractivity contribution in [2.45, 2.75) is 213 Å². The lowest BCUT2D eigenvalue weighted by Gasteiger charge is -2.15. The Balaban J connectivity index is 3.56. The lowest BCUT2D eigenvalue weighted by atomic mass is 10.0. The van der Waals surface area contributed by atoms with E-state index in [0.717, 1.165) is 83.5 Å². The number of ether oxygens (including phenoxy) is 2. The molecule has 0 aromatic rings. The monoisotopic (exact) mass is 779 g/mol. The van der Waals surface area contributed by atoms with E-state index in [4.69, 9.17) is 9.47 Å². The van der Waals surface area contributed by atoms with Gasteiger partial charge in [0, 0.05) is 12.8 Å². The molecule has 0 aliphatic carbocycles. The average Bonchev–Trinajstić information content (AvgIpc) is 3.20. The van der Waals surface area contributed by atoms with Crippen molar-refractivity contribution < 1.29 is 24.2 Å². The standard InChI is InChI=1S/C51H86O5/c1-3-5-7-9-11-13-15-17-18-19-20-21-22-23-24-25-26-27-28-29-30-31-32-34-36-38-40-42-44-46-51(54)56-49(47-52)48-55-50(53)45-43-41-39-37-35-33-16-14-12-10-8-6-4-2/h5,7,11,13-14,16-18,20-21,23-24,26-27,49,52H,3-4,6,8-10,12,15,19,22,25,28-48H2,1-2H3/b7-5-,13-11-,16-14-,18-17-,21-20-,24-23-,27-26-. The molecule has 1 N–H and O–H groups in total. The summed E-state index contributed by atoms with van der Waals surface area (Å²) in [4.78, 5) is 24.3. The number of esters is 2. The predicted molar refractivity (Wildman–Crippen MR) is 242 cm³/mol. The van der Waals surface area contributed by atoms with E-state index in [2.05, 4.69) is 98.9 Å². The Morgan fingerprint density at radius 2 is 0.768 bits per heavy atom. The van der Waals surface area contributed by atoms with Crippen LogP contribution in [-0.4, -0.2) is 36.4 Å². The Morgan fingerprint density at radius 1 is 0.429 bits per heavy atom. The molecule has 1 unspecified atom stereocenters. The molecule has 5 heteroatoms. The van der Waals surface area contributed by atoms with E-state index in [1.54, 1.807) is 0 Å². The molecule has 0 saturated carbocycles. The molecule has 0 aromatic heterocycles. The van der Waals surface area contributed by atoms with Gasteiger partial charge in [-0.25, -0.2) is 0 Å². The number of aliphatic hydroxyl groups is 1. The number of allylic oxidation sites excluding steroid dienone is 14. The first kappa shape index (κ1) is 53.1. The highest BCUT2D eigenvalue weighted by atomic mass is 16.6. The molecule has 0 rings (SSSR count). The second-order valence-corrected chi connectivity index (χ2v) is 15.1. The third-order valence-corrected chi connectivity index (χ3v) is 9.67. The quantitative estimate of drug-likeness (QED) is 0.0380. The maximum Gasteiger partial charge on any atom is 0.306 e. The van der Waals surface area contributed by atoms with Crippen LogP contribution >= 0.6 is 0 Å². The summed E-state index contributed by atoms with van der Waals surface area (Å²) >= 11 is 0. The van der Waals surface area contributed by atoms with Gasteiger partial charge >= 0.3 is 11.9 Å². The molecule has 56 heavy (non-hydrogen) atoms. The van der Waals surface area contributed by atoms with Crippen LogP contribution in [0.15, 0.2) is 85.1 Å². The SMILES string of the molecule is CC/C=C\C/C=C\C/C=C\C/C=C\C/C=C\C/C=C\CCCCCCCCCCCCC(=O)OC(CO)COC(=O)CCCCCCC/C=C\CCCCCC. The first-order valence-electron chi connectivity index (χ1n) is 23.1. The smallest absolute Gasteiger partial charge is 0.306 e. The summed E-state index contributed by atoms with van der Waals surface area (Å²) < 4.78 is 10.6. The fourth-order valence-electron chi connectivity index (χ4n) is 6.20. The van der Waals surface area contributed by atoms with Gasteiger partial charge in [0.25, 0.3) is 0 Å². The van der Waals surface area contributed by atoms with Gasteiger partial charge in [-0.2, -0.15) is 0 Å². The minimum absolute atomic E-state index is 0.0750. The molecule has 0 fully saturated rings. The lowest BCUT2D eigenvalue weighted by molar-refractivity contribution is -0.161. The zero-order valence-electron chi connectivity index (χ0n) is 36.4. The molecule has 0 bridgehead atoms. The molecular weight excluding hydrogens is 693 g/mol. The van der Waals surface area contributed by atoms with Crippen LogP contribution in [0.25, 0.3) is 0 Å². The molecule has 0 aliphatic rings. The third-order valence-electron chi connectivity index (χ3n) is 9.67. The van der Waals surface area contributed by atoms with Crippen molar-refractivity contribution in [2.24, 2.45) is 0 Å². The summed E-state index contributed by atoms with van der Waals surface area (Å²) in [5, 5.41) is 9.58. The lowest BCUT2D eigenvalue weighted by Crippen LogP contribution is -2.28. The Kier molecular flexibility index (Phi) is 44.0. The maximum absolute atomic E-state index is 12.2. The predicted octanol–water partition coefficient (Wildman–Crippen LogP) is 15.1. The molecule has 0 heterocycles. The van der Waals surface area contributed by atoms with E-state index in [1.807, 2.05) is 0 Å². The molecule has 5 nitrogen and oxygen atoms in total. The first-order chi connectivity index (χ1) is 27.6. The van der Waals surface area contributed by atoms with Gasteiger partial charge in [0.05, 0.1) is 6.61 Å². The van der Waals surface area contributed by atoms with Crippen LogP contribution in [0.3, 0.4) is 0 Å². The highest BCUT2D eigenvalue weighted by Gasteiger charge is 2.16. The van der Waals surface area contributed by atoms with Gasteiger partial charge in [0.15, 0.2) is 6.10 Å². The molecule has 0 saturated heterocycles. The van der Waals surface area contributed by atoms with E-state index in [1.165, 1.54) is 96.3 Å². The fourth-order valence-corrected chi connectivity index (χ4v) is 6.20. The van der Waals surface area contributed by atoms with Gasteiger partial charge in [-0.05, 0) is 89.9 Å². The molecule has 0 aliphatic heterocycles. The van der Waals surface area contributed by atoms with Gasteiger partial charge in [0.1, 0.15) is 6.61 Å². The summed E-state index contributed by atoms with van der Waals surface area (Å²) in [5.41, 5.74) is 0. The van der Waals surface area contributed by atoms with Crippen LogP contribution in [0.1, 0.15) is 206 Å². The van der Waals surface area contributed by atoms with Gasteiger partial charge in [0.2, 0.25) is 0 Å². The van der Waals surface area contributed by atoms with Crippen LogP contribution in [0.4, 0.5) is 0 Å². The topological polar surface area (TPSA) is 72.8 Å². The Morgan fingerprint density at radius 3 is 1.18 bits per heavy atom. The molecule has 1 atom stereocenters. The van der Waals surface area contributed by atoms with Crippen LogP contribution < -0.4 is 0 Å². The van der Waals surface area contributed by atoms with Crippen molar-refractivity contribution >= 4 is 11.9 Å². The second-order valence-electron chi connectivity index (χ2n) is 15.1. The van der Waals surface area contributed by atoms with Gasteiger partial charge in [-0.3, -0.25) is 9.59 Å². The summed E-state index contributed by atoms with van der Waals surface area (Å²) in [6.07, 6.45) is 63.7. The summed E-state index contributed by atoms with van der Waals surface area (Å²) in [6, 6.07) is 0. The van der Waals surface area contributed by atoms with Gasteiger partial charge in [-0.1, -0.05) is 189 Å². The fraction of sp³-hybridized carbons (Fsp3) is 0.686. The molecular formula is C51H86O5. The number of hydrogen-bond acceptors (Lipinski definition) is 5. The average molecular weight is 779 g/mol. The van der Waals surface area contributed by atoms with E-state index < -0.39 is 6.10 Å². The third kappa shape index (κ3) is 43.8. The van der Waals surface area contributed by atoms with E-state index >= 15 is 0 Å². The molecule has 0 radical (unpaired) electrons. The molecule has 0 aromatic carbocycles. The summed E-state index contributed by atoms with van der Waals surface area (Å²) in [6.45, 7) is 3.99. The Labute approximate surface area is 346 Å². The van der Waals surface area contributed by atoms with E-state index in [-0.39, 0.29) is 25.2 Å². The maximum atomic E-state index is 12.2. The van der Waals surface area contributed by atoms with Crippen LogP contribution in [0.5, 0.6) is 0 Å². The minimum Gasteiger partial charge on any atom is -0.462 e. The van der Waals surface area contributed by atoms with Crippen molar-refractivity contribution in [1.82, 2.24) is 0 Å². The second kappa shape index (κ2) is 46.5. The number of hydrogen-bond donors (Lipinski definition) is 1. The van der Waals surface area contributed by atoms with Crippen LogP contribution in [0.2, 0.25) is 0 Å². The number of unbranched alkanes of at least 4 members (excludes halogenated alkanes) is 19. The van der Waals surface area contributed by atoms with Crippen molar-refractivity contribution in [1.29, 1.82) is 0 Å². The highest BCUT2D eigenvalue weighted by molar-refractivity contribution is 5.70. The molecule has 0 amide bonds. The molecule has 320 valence electrons. The van der Waals surface area contributed by atoms with Crippen molar-refractivity contribution in [3.05, 3.63) is 85.1 Å². The van der Waals surface area contributed by atoms with Crippen molar-refractivity contribution in [3.63, 3.8) is 0 Å². The number of carbonyl (C=O) groups is 2. The van der Waals surface area contributed by atoms with Crippen molar-refractivity contribution in [3.8, 4) is 0 Å². The highest BCUT2D eigenvalue weighted by Crippen LogP contribution is 2.14. The van der Waals surface area contributed by atoms with Crippen LogP contribution in [-0.2, 0) is 19.1 Å². The zero-order chi connectivity index (χ0) is 40.7.